The van der Waals surface area contributed by atoms with E-state index in [1.54, 1.807) is 0 Å². The van der Waals surface area contributed by atoms with Crippen LogP contribution in [0.5, 0.6) is 0 Å². The molecule has 0 N–H and O–H groups in total. The second-order valence-electron chi connectivity index (χ2n) is 8.84. The van der Waals surface area contributed by atoms with Gasteiger partial charge in [0.15, 0.2) is 0 Å². The third-order valence-electron chi connectivity index (χ3n) is 6.67. The van der Waals surface area contributed by atoms with E-state index in [-0.39, 0.29) is 11.8 Å². The van der Waals surface area contributed by atoms with Crippen LogP contribution in [0.15, 0.2) is 12.4 Å². The molecular weight excluding hydrogens is 376 g/mol. The van der Waals surface area contributed by atoms with Crippen LogP contribution in [0.1, 0.15) is 61.9 Å². The zero-order chi connectivity index (χ0) is 21.3. The van der Waals surface area contributed by atoms with Crippen LogP contribution in [0, 0.1) is 12.8 Å². The Labute approximate surface area is 179 Å². The van der Waals surface area contributed by atoms with Gasteiger partial charge < -0.3 is 14.4 Å². The molecular formula is C23H34N6O. The molecule has 1 fully saturated rings. The number of hydrogen-bond acceptors (Lipinski definition) is 5. The molecule has 4 heterocycles. The Kier molecular flexibility index (Phi) is 6.06. The van der Waals surface area contributed by atoms with Crippen molar-refractivity contribution in [3.63, 3.8) is 0 Å². The molecule has 2 aromatic heterocycles. The number of carbonyl (C=O) groups excluding carboxylic acids is 1. The van der Waals surface area contributed by atoms with Crippen LogP contribution in [-0.4, -0.2) is 57.0 Å². The molecule has 0 radical (unpaired) electrons. The largest absolute Gasteiger partial charge is 0.359 e. The first-order chi connectivity index (χ1) is 14.5. The molecule has 0 bridgehead atoms. The molecule has 1 amide bonds. The van der Waals surface area contributed by atoms with Gasteiger partial charge in [-0.1, -0.05) is 13.8 Å². The lowest BCUT2D eigenvalue weighted by molar-refractivity contribution is -0.136. The Hall–Kier alpha value is -2.44. The van der Waals surface area contributed by atoms with Gasteiger partial charge in [0.25, 0.3) is 0 Å². The normalized spacial score (nSPS) is 18.4. The van der Waals surface area contributed by atoms with E-state index in [0.717, 1.165) is 68.5 Å². The molecule has 162 valence electrons. The number of anilines is 1. The predicted molar refractivity (Wildman–Crippen MR) is 118 cm³/mol. The lowest BCUT2D eigenvalue weighted by atomic mass is 9.94. The van der Waals surface area contributed by atoms with Gasteiger partial charge in [0.1, 0.15) is 17.5 Å². The number of carbonyl (C=O) groups is 1. The van der Waals surface area contributed by atoms with Crippen molar-refractivity contribution in [3.05, 3.63) is 35.3 Å². The first-order valence-corrected chi connectivity index (χ1v) is 11.3. The molecule has 2 aliphatic heterocycles. The van der Waals surface area contributed by atoms with Crippen molar-refractivity contribution in [1.29, 1.82) is 0 Å². The number of piperidine rings is 1. The fraction of sp³-hybridized carbons (Fsp3) is 0.652. The van der Waals surface area contributed by atoms with Gasteiger partial charge in [0.2, 0.25) is 5.91 Å². The molecule has 0 aromatic carbocycles. The summed E-state index contributed by atoms with van der Waals surface area (Å²) in [6.07, 6.45) is 8.80. The lowest BCUT2D eigenvalue weighted by Gasteiger charge is -2.34. The summed E-state index contributed by atoms with van der Waals surface area (Å²) < 4.78 is 2.11. The summed E-state index contributed by atoms with van der Waals surface area (Å²) in [7, 11) is 2.13. The molecule has 0 aliphatic carbocycles. The quantitative estimate of drug-likeness (QED) is 0.758. The van der Waals surface area contributed by atoms with E-state index in [1.165, 1.54) is 12.0 Å². The molecule has 2 aliphatic rings. The zero-order valence-electron chi connectivity index (χ0n) is 18.8. The maximum absolute atomic E-state index is 13.0. The van der Waals surface area contributed by atoms with Crippen LogP contribution in [0.25, 0.3) is 0 Å². The summed E-state index contributed by atoms with van der Waals surface area (Å²) in [4.78, 5) is 31.5. The second-order valence-corrected chi connectivity index (χ2v) is 8.84. The number of aromatic nitrogens is 4. The molecule has 4 rings (SSSR count). The van der Waals surface area contributed by atoms with E-state index in [1.807, 2.05) is 24.2 Å². The Morgan fingerprint density at radius 2 is 2.00 bits per heavy atom. The van der Waals surface area contributed by atoms with Crippen molar-refractivity contribution in [3.8, 4) is 0 Å². The van der Waals surface area contributed by atoms with Gasteiger partial charge in [-0.15, -0.1) is 0 Å². The third kappa shape index (κ3) is 4.07. The minimum Gasteiger partial charge on any atom is -0.359 e. The van der Waals surface area contributed by atoms with Crippen LogP contribution < -0.4 is 4.90 Å². The monoisotopic (exact) mass is 410 g/mol. The minimum absolute atomic E-state index is 0.0445. The Morgan fingerprint density at radius 3 is 2.73 bits per heavy atom. The van der Waals surface area contributed by atoms with Crippen LogP contribution in [-0.2, 0) is 24.2 Å². The van der Waals surface area contributed by atoms with Crippen molar-refractivity contribution >= 4 is 11.7 Å². The number of likely N-dealkylation sites (tertiary alicyclic amines) is 1. The third-order valence-corrected chi connectivity index (χ3v) is 6.67. The Balaban J connectivity index is 1.38. The van der Waals surface area contributed by atoms with E-state index in [0.29, 0.717) is 12.5 Å². The maximum atomic E-state index is 13.0. The fourth-order valence-corrected chi connectivity index (χ4v) is 4.86. The minimum atomic E-state index is -0.0445. The highest BCUT2D eigenvalue weighted by molar-refractivity contribution is 5.78. The molecule has 0 spiro atoms. The average Bonchev–Trinajstić information content (AvgIpc) is 3.21. The highest BCUT2D eigenvalue weighted by Crippen LogP contribution is 2.31. The van der Waals surface area contributed by atoms with E-state index in [4.69, 9.17) is 9.97 Å². The molecule has 1 atom stereocenters. The Morgan fingerprint density at radius 1 is 1.23 bits per heavy atom. The van der Waals surface area contributed by atoms with Crippen LogP contribution in [0.3, 0.4) is 0 Å². The summed E-state index contributed by atoms with van der Waals surface area (Å²) in [5.74, 6) is 3.65. The van der Waals surface area contributed by atoms with Crippen molar-refractivity contribution < 1.29 is 4.79 Å². The van der Waals surface area contributed by atoms with Gasteiger partial charge in [0, 0.05) is 69.2 Å². The molecule has 7 heteroatoms. The van der Waals surface area contributed by atoms with Gasteiger partial charge in [-0.25, -0.2) is 15.0 Å². The van der Waals surface area contributed by atoms with E-state index >= 15 is 0 Å². The highest BCUT2D eigenvalue weighted by Gasteiger charge is 2.30. The summed E-state index contributed by atoms with van der Waals surface area (Å²) in [5, 5.41) is 0. The van der Waals surface area contributed by atoms with Crippen molar-refractivity contribution in [1.82, 2.24) is 24.4 Å². The van der Waals surface area contributed by atoms with Crippen LogP contribution >= 0.6 is 0 Å². The number of nitrogens with zero attached hydrogens (tertiary/aromatic N) is 6. The number of aryl methyl sites for hydroxylation is 2. The first kappa shape index (κ1) is 20.8. The Bertz CT molecular complexity index is 899. The van der Waals surface area contributed by atoms with E-state index < -0.39 is 0 Å². The maximum Gasteiger partial charge on any atom is 0.227 e. The molecule has 1 unspecified atom stereocenters. The highest BCUT2D eigenvalue weighted by atomic mass is 16.2. The SMILES string of the molecule is CCc1nccn1CC(C)C(=O)N1CCC(c2nc(C)c3c(n2)N(C)CCC3)CC1. The number of amides is 1. The van der Waals surface area contributed by atoms with E-state index in [9.17, 15) is 4.79 Å². The summed E-state index contributed by atoms with van der Waals surface area (Å²) in [6.45, 7) is 9.56. The predicted octanol–water partition coefficient (Wildman–Crippen LogP) is 2.97. The van der Waals surface area contributed by atoms with Crippen molar-refractivity contribution in [2.45, 2.75) is 65.3 Å². The molecule has 2 aromatic rings. The van der Waals surface area contributed by atoms with Gasteiger partial charge in [-0.3, -0.25) is 4.79 Å². The molecule has 0 saturated carbocycles. The number of hydrogen-bond donors (Lipinski definition) is 0. The van der Waals surface area contributed by atoms with E-state index in [2.05, 4.69) is 35.3 Å². The van der Waals surface area contributed by atoms with Gasteiger partial charge >= 0.3 is 0 Å². The molecule has 7 nitrogen and oxygen atoms in total. The summed E-state index contributed by atoms with van der Waals surface area (Å²) in [5.41, 5.74) is 2.43. The smallest absolute Gasteiger partial charge is 0.227 e. The van der Waals surface area contributed by atoms with Crippen molar-refractivity contribution in [2.75, 3.05) is 31.6 Å². The number of imidazole rings is 1. The number of rotatable bonds is 5. The van der Waals surface area contributed by atoms with Gasteiger partial charge in [-0.05, 0) is 32.6 Å². The first-order valence-electron chi connectivity index (χ1n) is 11.3. The summed E-state index contributed by atoms with van der Waals surface area (Å²) in [6, 6.07) is 0. The molecule has 30 heavy (non-hydrogen) atoms. The summed E-state index contributed by atoms with van der Waals surface area (Å²) >= 11 is 0. The van der Waals surface area contributed by atoms with Crippen LogP contribution in [0.4, 0.5) is 5.82 Å². The average molecular weight is 411 g/mol. The van der Waals surface area contributed by atoms with Crippen molar-refractivity contribution in [2.24, 2.45) is 5.92 Å². The van der Waals surface area contributed by atoms with Gasteiger partial charge in [0.05, 0.1) is 5.92 Å². The number of fused-ring (bicyclic) bond motifs is 1. The lowest BCUT2D eigenvalue weighted by Crippen LogP contribution is -2.42. The van der Waals surface area contributed by atoms with Gasteiger partial charge in [-0.2, -0.15) is 0 Å². The topological polar surface area (TPSA) is 67.2 Å². The standard InChI is InChI=1S/C23H34N6O/c1-5-20-24-10-14-29(20)15-16(2)23(30)28-12-8-18(9-13-28)21-25-17(3)19-7-6-11-27(4)22(19)26-21/h10,14,16,18H,5-9,11-13,15H2,1-4H3. The zero-order valence-corrected chi connectivity index (χ0v) is 18.8. The second kappa shape index (κ2) is 8.74. The van der Waals surface area contributed by atoms with Crippen LogP contribution in [0.2, 0.25) is 0 Å². The fourth-order valence-electron chi connectivity index (χ4n) is 4.86. The molecule has 1 saturated heterocycles.